The van der Waals surface area contributed by atoms with E-state index in [0.29, 0.717) is 12.5 Å². The van der Waals surface area contributed by atoms with E-state index in [9.17, 15) is 4.79 Å². The number of amides is 1. The highest BCUT2D eigenvalue weighted by Crippen LogP contribution is 2.18. The summed E-state index contributed by atoms with van der Waals surface area (Å²) in [7, 11) is 3.15. The van der Waals surface area contributed by atoms with Crippen LogP contribution >= 0.6 is 0 Å². The molecular weight excluding hydrogens is 226 g/mol. The van der Waals surface area contributed by atoms with Gasteiger partial charge in [-0.2, -0.15) is 0 Å². The largest absolute Gasteiger partial charge is 0.453 e. The molecule has 3 heteroatoms. The Morgan fingerprint density at radius 1 is 1.33 bits per heavy atom. The first-order valence-corrected chi connectivity index (χ1v) is 6.46. The Balaban J connectivity index is 2.51. The van der Waals surface area contributed by atoms with Crippen LogP contribution in [-0.2, 0) is 11.2 Å². The molecule has 0 aliphatic carbocycles. The van der Waals surface area contributed by atoms with Gasteiger partial charge in [0.25, 0.3) is 0 Å². The van der Waals surface area contributed by atoms with Crippen LogP contribution in [0.2, 0.25) is 0 Å². The maximum Gasteiger partial charge on any atom is 0.409 e. The number of methoxy groups -OCH3 is 1. The number of hydrogen-bond acceptors (Lipinski definition) is 2. The van der Waals surface area contributed by atoms with Gasteiger partial charge in [0.1, 0.15) is 0 Å². The Kier molecular flexibility index (Phi) is 5.69. The van der Waals surface area contributed by atoms with E-state index in [2.05, 4.69) is 42.8 Å². The molecule has 0 saturated carbocycles. The molecule has 0 bridgehead atoms. The molecule has 3 nitrogen and oxygen atoms in total. The van der Waals surface area contributed by atoms with Gasteiger partial charge in [0, 0.05) is 13.6 Å². The summed E-state index contributed by atoms with van der Waals surface area (Å²) < 4.78 is 4.65. The van der Waals surface area contributed by atoms with Crippen LogP contribution in [0.3, 0.4) is 0 Å². The van der Waals surface area contributed by atoms with E-state index in [1.165, 1.54) is 18.2 Å². The second-order valence-corrected chi connectivity index (χ2v) is 4.69. The van der Waals surface area contributed by atoms with Crippen LogP contribution in [0.5, 0.6) is 0 Å². The van der Waals surface area contributed by atoms with Gasteiger partial charge in [-0.1, -0.05) is 38.1 Å². The lowest BCUT2D eigenvalue weighted by Crippen LogP contribution is -2.28. The standard InChI is InChI=1S/C15H23NO2/c1-5-12(2)14-8-6-13(7-9-14)10-11-16(3)15(17)18-4/h6-9,12H,5,10-11H2,1-4H3. The van der Waals surface area contributed by atoms with Crippen molar-refractivity contribution >= 4 is 6.09 Å². The highest BCUT2D eigenvalue weighted by Gasteiger charge is 2.08. The molecule has 0 fully saturated rings. The number of rotatable bonds is 5. The Hall–Kier alpha value is -1.51. The topological polar surface area (TPSA) is 29.5 Å². The Bertz CT molecular complexity index is 373. The summed E-state index contributed by atoms with van der Waals surface area (Å²) in [5.41, 5.74) is 2.63. The summed E-state index contributed by atoms with van der Waals surface area (Å²) in [5.74, 6) is 0.608. The molecule has 18 heavy (non-hydrogen) atoms. The molecule has 0 heterocycles. The van der Waals surface area contributed by atoms with Crippen LogP contribution in [0, 0.1) is 0 Å². The second kappa shape index (κ2) is 7.04. The highest BCUT2D eigenvalue weighted by molar-refractivity contribution is 5.66. The molecular formula is C15H23NO2. The molecule has 0 aromatic heterocycles. The highest BCUT2D eigenvalue weighted by atomic mass is 16.5. The summed E-state index contributed by atoms with van der Waals surface area (Å²) in [4.78, 5) is 12.8. The average Bonchev–Trinajstić information content (AvgIpc) is 2.43. The van der Waals surface area contributed by atoms with Crippen LogP contribution in [0.4, 0.5) is 4.79 Å². The van der Waals surface area contributed by atoms with E-state index in [0.717, 1.165) is 12.8 Å². The fourth-order valence-electron chi connectivity index (χ4n) is 1.79. The molecule has 0 radical (unpaired) electrons. The van der Waals surface area contributed by atoms with Crippen molar-refractivity contribution in [1.82, 2.24) is 4.90 Å². The minimum Gasteiger partial charge on any atom is -0.453 e. The van der Waals surface area contributed by atoms with Crippen molar-refractivity contribution in [2.75, 3.05) is 20.7 Å². The van der Waals surface area contributed by atoms with E-state index >= 15 is 0 Å². The van der Waals surface area contributed by atoms with Gasteiger partial charge in [-0.15, -0.1) is 0 Å². The number of nitrogens with zero attached hydrogens (tertiary/aromatic N) is 1. The minimum absolute atomic E-state index is 0.286. The van der Waals surface area contributed by atoms with Gasteiger partial charge in [0.2, 0.25) is 0 Å². The van der Waals surface area contributed by atoms with Gasteiger partial charge in [-0.25, -0.2) is 4.79 Å². The molecule has 0 aliphatic heterocycles. The van der Waals surface area contributed by atoms with Crippen molar-refractivity contribution in [2.24, 2.45) is 0 Å². The SMILES string of the molecule is CCC(C)c1ccc(CCN(C)C(=O)OC)cc1. The average molecular weight is 249 g/mol. The monoisotopic (exact) mass is 249 g/mol. The zero-order valence-electron chi connectivity index (χ0n) is 11.8. The summed E-state index contributed by atoms with van der Waals surface area (Å²) in [6.07, 6.45) is 1.72. The van der Waals surface area contributed by atoms with Gasteiger partial charge in [-0.05, 0) is 29.9 Å². The Morgan fingerprint density at radius 3 is 2.44 bits per heavy atom. The third kappa shape index (κ3) is 4.06. The van der Waals surface area contributed by atoms with E-state index in [4.69, 9.17) is 0 Å². The van der Waals surface area contributed by atoms with Gasteiger partial charge >= 0.3 is 6.09 Å². The number of ether oxygens (including phenoxy) is 1. The number of carbonyl (C=O) groups excluding carboxylic acids is 1. The fraction of sp³-hybridized carbons (Fsp3) is 0.533. The number of likely N-dealkylation sites (N-methyl/N-ethyl adjacent to an activating group) is 1. The third-order valence-electron chi connectivity index (χ3n) is 3.38. The van der Waals surface area contributed by atoms with Crippen LogP contribution in [0.25, 0.3) is 0 Å². The fourth-order valence-corrected chi connectivity index (χ4v) is 1.79. The van der Waals surface area contributed by atoms with E-state index in [1.54, 1.807) is 11.9 Å². The van der Waals surface area contributed by atoms with Gasteiger partial charge < -0.3 is 9.64 Å². The van der Waals surface area contributed by atoms with Crippen LogP contribution in [0.1, 0.15) is 37.3 Å². The zero-order chi connectivity index (χ0) is 13.5. The van der Waals surface area contributed by atoms with Crippen molar-refractivity contribution in [3.63, 3.8) is 0 Å². The van der Waals surface area contributed by atoms with Gasteiger partial charge in [-0.3, -0.25) is 0 Å². The lowest BCUT2D eigenvalue weighted by atomic mass is 9.97. The van der Waals surface area contributed by atoms with Crippen LogP contribution in [-0.4, -0.2) is 31.7 Å². The van der Waals surface area contributed by atoms with Crippen molar-refractivity contribution in [1.29, 1.82) is 0 Å². The van der Waals surface area contributed by atoms with Crippen molar-refractivity contribution in [2.45, 2.75) is 32.6 Å². The molecule has 1 unspecified atom stereocenters. The molecule has 1 aromatic carbocycles. The molecule has 0 saturated heterocycles. The quantitative estimate of drug-likeness (QED) is 0.800. The molecule has 100 valence electrons. The molecule has 1 amide bonds. The lowest BCUT2D eigenvalue weighted by molar-refractivity contribution is 0.134. The molecule has 0 N–H and O–H groups in total. The maximum absolute atomic E-state index is 11.2. The molecule has 0 aliphatic rings. The number of benzene rings is 1. The minimum atomic E-state index is -0.286. The third-order valence-corrected chi connectivity index (χ3v) is 3.38. The molecule has 1 rings (SSSR count). The van der Waals surface area contributed by atoms with Crippen molar-refractivity contribution in [3.05, 3.63) is 35.4 Å². The first-order valence-electron chi connectivity index (χ1n) is 6.46. The molecule has 1 atom stereocenters. The Labute approximate surface area is 110 Å². The zero-order valence-corrected chi connectivity index (χ0v) is 11.8. The first kappa shape index (κ1) is 14.6. The summed E-state index contributed by atoms with van der Waals surface area (Å²) in [6, 6.07) is 8.66. The number of hydrogen-bond donors (Lipinski definition) is 0. The van der Waals surface area contributed by atoms with E-state index in [1.807, 2.05) is 0 Å². The predicted octanol–water partition coefficient (Wildman–Crippen LogP) is 3.44. The second-order valence-electron chi connectivity index (χ2n) is 4.69. The summed E-state index contributed by atoms with van der Waals surface area (Å²) >= 11 is 0. The normalized spacial score (nSPS) is 12.0. The number of carbonyl (C=O) groups is 1. The van der Waals surface area contributed by atoms with Gasteiger partial charge in [0.05, 0.1) is 7.11 Å². The van der Waals surface area contributed by atoms with E-state index < -0.39 is 0 Å². The first-order chi connectivity index (χ1) is 8.58. The predicted molar refractivity (Wildman–Crippen MR) is 73.9 cm³/mol. The summed E-state index contributed by atoms with van der Waals surface area (Å²) in [6.45, 7) is 5.11. The van der Waals surface area contributed by atoms with Crippen molar-refractivity contribution in [3.8, 4) is 0 Å². The molecule has 1 aromatic rings. The maximum atomic E-state index is 11.2. The Morgan fingerprint density at radius 2 is 1.94 bits per heavy atom. The van der Waals surface area contributed by atoms with E-state index in [-0.39, 0.29) is 6.09 Å². The summed E-state index contributed by atoms with van der Waals surface area (Å²) in [5, 5.41) is 0. The molecule has 0 spiro atoms. The van der Waals surface area contributed by atoms with Crippen LogP contribution in [0.15, 0.2) is 24.3 Å². The smallest absolute Gasteiger partial charge is 0.409 e. The lowest BCUT2D eigenvalue weighted by Gasteiger charge is -2.15. The van der Waals surface area contributed by atoms with Gasteiger partial charge in [0.15, 0.2) is 0 Å². The van der Waals surface area contributed by atoms with Crippen LogP contribution < -0.4 is 0 Å². The van der Waals surface area contributed by atoms with Crippen molar-refractivity contribution < 1.29 is 9.53 Å².